The lowest BCUT2D eigenvalue weighted by Gasteiger charge is -2.19. The van der Waals surface area contributed by atoms with Crippen molar-refractivity contribution in [2.75, 3.05) is 13.1 Å². The molecular weight excluding hydrogens is 248 g/mol. The number of nitrogens with one attached hydrogen (secondary N) is 1. The third kappa shape index (κ3) is 5.40. The van der Waals surface area contributed by atoms with Crippen LogP contribution in [0, 0.1) is 18.3 Å². The first kappa shape index (κ1) is 15.2. The molecule has 1 fully saturated rings. The second-order valence-electron chi connectivity index (χ2n) is 6.84. The Labute approximate surface area is 122 Å². The summed E-state index contributed by atoms with van der Waals surface area (Å²) in [5.74, 6) is 4.60. The smallest absolute Gasteiger partial charge is 0.118 e. The molecule has 0 aliphatic heterocycles. The van der Waals surface area contributed by atoms with Crippen LogP contribution < -0.4 is 5.32 Å². The van der Waals surface area contributed by atoms with E-state index >= 15 is 0 Å². The van der Waals surface area contributed by atoms with Crippen molar-refractivity contribution >= 4 is 0 Å². The Morgan fingerprint density at radius 1 is 1.45 bits per heavy atom. The van der Waals surface area contributed by atoms with E-state index < -0.39 is 0 Å². The molecule has 3 heteroatoms. The number of hydrogen-bond acceptors (Lipinski definition) is 3. The number of terminal acetylenes is 1. The average Bonchev–Trinajstić information content (AvgIpc) is 3.04. The van der Waals surface area contributed by atoms with Gasteiger partial charge >= 0.3 is 0 Å². The van der Waals surface area contributed by atoms with E-state index in [1.54, 1.807) is 0 Å². The second-order valence-corrected chi connectivity index (χ2v) is 6.84. The van der Waals surface area contributed by atoms with Gasteiger partial charge in [0.25, 0.3) is 0 Å². The molecule has 3 nitrogen and oxygen atoms in total. The molecule has 1 N–H and O–H groups in total. The van der Waals surface area contributed by atoms with Crippen LogP contribution in [0.15, 0.2) is 16.7 Å². The van der Waals surface area contributed by atoms with E-state index in [1.807, 2.05) is 6.26 Å². The number of hydrogen-bond donors (Lipinski definition) is 1. The lowest BCUT2D eigenvalue weighted by molar-refractivity contribution is 0.262. The van der Waals surface area contributed by atoms with Gasteiger partial charge in [-0.1, -0.05) is 5.92 Å². The predicted molar refractivity (Wildman–Crippen MR) is 82.1 cm³/mol. The van der Waals surface area contributed by atoms with Crippen molar-refractivity contribution in [3.05, 3.63) is 23.7 Å². The summed E-state index contributed by atoms with van der Waals surface area (Å²) in [7, 11) is 0. The largest absolute Gasteiger partial charge is 0.468 e. The van der Waals surface area contributed by atoms with Crippen molar-refractivity contribution in [1.29, 1.82) is 0 Å². The van der Waals surface area contributed by atoms with Crippen molar-refractivity contribution < 1.29 is 4.42 Å². The molecule has 1 aliphatic carbocycles. The minimum atomic E-state index is 0.124. The SMILES string of the molecule is C#CCN(Cc1cc(CNC(C)(C)C)co1)CC1CC1. The summed E-state index contributed by atoms with van der Waals surface area (Å²) < 4.78 is 5.66. The first-order chi connectivity index (χ1) is 9.46. The fourth-order valence-electron chi connectivity index (χ4n) is 2.17. The minimum absolute atomic E-state index is 0.124. The van der Waals surface area contributed by atoms with Gasteiger partial charge in [-0.25, -0.2) is 0 Å². The minimum Gasteiger partial charge on any atom is -0.468 e. The van der Waals surface area contributed by atoms with E-state index in [4.69, 9.17) is 10.8 Å². The van der Waals surface area contributed by atoms with Crippen molar-refractivity contribution in [2.24, 2.45) is 5.92 Å². The zero-order valence-corrected chi connectivity index (χ0v) is 12.9. The molecule has 0 unspecified atom stereocenters. The Hall–Kier alpha value is -1.24. The van der Waals surface area contributed by atoms with E-state index in [0.29, 0.717) is 6.54 Å². The predicted octanol–water partition coefficient (Wildman–Crippen LogP) is 3.01. The topological polar surface area (TPSA) is 28.4 Å². The van der Waals surface area contributed by atoms with Gasteiger partial charge in [0.05, 0.1) is 19.4 Å². The number of nitrogens with zero attached hydrogens (tertiary/aromatic N) is 1. The monoisotopic (exact) mass is 274 g/mol. The van der Waals surface area contributed by atoms with Crippen LogP contribution in [0.3, 0.4) is 0 Å². The summed E-state index contributed by atoms with van der Waals surface area (Å²) in [6.07, 6.45) is 9.99. The van der Waals surface area contributed by atoms with Crippen molar-refractivity contribution in [3.63, 3.8) is 0 Å². The standard InChI is InChI=1S/C17H26N2O/c1-5-8-19(11-14-6-7-14)12-16-9-15(13-20-16)10-18-17(2,3)4/h1,9,13-14,18H,6-8,10-12H2,2-4H3. The third-order valence-electron chi connectivity index (χ3n) is 3.44. The Morgan fingerprint density at radius 3 is 2.80 bits per heavy atom. The van der Waals surface area contributed by atoms with Crippen LogP contribution in [0.1, 0.15) is 44.9 Å². The molecule has 2 rings (SSSR count). The van der Waals surface area contributed by atoms with Crippen LogP contribution in [0.5, 0.6) is 0 Å². The zero-order chi connectivity index (χ0) is 14.6. The highest BCUT2D eigenvalue weighted by atomic mass is 16.3. The van der Waals surface area contributed by atoms with E-state index in [2.05, 4.69) is 43.0 Å². The number of rotatable bonds is 7. The van der Waals surface area contributed by atoms with Gasteiger partial charge in [0.15, 0.2) is 0 Å². The lowest BCUT2D eigenvalue weighted by Crippen LogP contribution is -2.34. The Bertz CT molecular complexity index is 460. The maximum absolute atomic E-state index is 5.66. The van der Waals surface area contributed by atoms with Crippen molar-refractivity contribution in [3.8, 4) is 12.3 Å². The van der Waals surface area contributed by atoms with Crippen LogP contribution in [0.2, 0.25) is 0 Å². The maximum atomic E-state index is 5.66. The Morgan fingerprint density at radius 2 is 2.20 bits per heavy atom. The highest BCUT2D eigenvalue weighted by molar-refractivity contribution is 5.13. The fraction of sp³-hybridized carbons (Fsp3) is 0.647. The Balaban J connectivity index is 1.85. The molecular formula is C17H26N2O. The number of furan rings is 1. The summed E-state index contributed by atoms with van der Waals surface area (Å²) >= 11 is 0. The molecule has 1 aliphatic rings. The molecule has 1 saturated carbocycles. The summed E-state index contributed by atoms with van der Waals surface area (Å²) in [6.45, 7) is 9.95. The van der Waals surface area contributed by atoms with Crippen molar-refractivity contribution in [1.82, 2.24) is 10.2 Å². The normalized spacial score (nSPS) is 15.6. The van der Waals surface area contributed by atoms with Gasteiger partial charge in [-0.2, -0.15) is 0 Å². The molecule has 0 atom stereocenters. The van der Waals surface area contributed by atoms with Gasteiger partial charge < -0.3 is 9.73 Å². The van der Waals surface area contributed by atoms with Crippen molar-refractivity contribution in [2.45, 2.75) is 52.2 Å². The van der Waals surface area contributed by atoms with Gasteiger partial charge in [-0.05, 0) is 45.6 Å². The van der Waals surface area contributed by atoms with E-state index in [9.17, 15) is 0 Å². The molecule has 0 aromatic carbocycles. The summed E-state index contributed by atoms with van der Waals surface area (Å²) in [5, 5.41) is 3.47. The van der Waals surface area contributed by atoms with Crippen LogP contribution in [-0.4, -0.2) is 23.5 Å². The highest BCUT2D eigenvalue weighted by Gasteiger charge is 2.24. The summed E-state index contributed by atoms with van der Waals surface area (Å²) in [4.78, 5) is 2.30. The van der Waals surface area contributed by atoms with Gasteiger partial charge in [0, 0.05) is 24.2 Å². The van der Waals surface area contributed by atoms with Crippen LogP contribution >= 0.6 is 0 Å². The molecule has 0 spiro atoms. The zero-order valence-electron chi connectivity index (χ0n) is 12.9. The van der Waals surface area contributed by atoms with Crippen LogP contribution in [-0.2, 0) is 13.1 Å². The molecule has 110 valence electrons. The summed E-state index contributed by atoms with van der Waals surface area (Å²) in [5.41, 5.74) is 1.32. The van der Waals surface area contributed by atoms with E-state index in [1.165, 1.54) is 18.4 Å². The molecule has 20 heavy (non-hydrogen) atoms. The second kappa shape index (κ2) is 6.47. The Kier molecular flexibility index (Phi) is 4.91. The molecule has 1 aromatic rings. The average molecular weight is 274 g/mol. The van der Waals surface area contributed by atoms with Gasteiger partial charge in [0.2, 0.25) is 0 Å². The van der Waals surface area contributed by atoms with E-state index in [-0.39, 0.29) is 5.54 Å². The maximum Gasteiger partial charge on any atom is 0.118 e. The summed E-state index contributed by atoms with van der Waals surface area (Å²) in [6, 6.07) is 2.13. The van der Waals surface area contributed by atoms with Crippen LogP contribution in [0.25, 0.3) is 0 Å². The van der Waals surface area contributed by atoms with Gasteiger partial charge in [-0.3, -0.25) is 4.90 Å². The van der Waals surface area contributed by atoms with Gasteiger partial charge in [0.1, 0.15) is 5.76 Å². The molecule has 0 radical (unpaired) electrons. The lowest BCUT2D eigenvalue weighted by atomic mass is 10.1. The molecule has 0 bridgehead atoms. The van der Waals surface area contributed by atoms with Gasteiger partial charge in [-0.15, -0.1) is 6.42 Å². The first-order valence-electron chi connectivity index (χ1n) is 7.43. The molecule has 0 amide bonds. The first-order valence-corrected chi connectivity index (χ1v) is 7.43. The molecule has 1 aromatic heterocycles. The highest BCUT2D eigenvalue weighted by Crippen LogP contribution is 2.30. The molecule has 0 saturated heterocycles. The van der Waals surface area contributed by atoms with Crippen LogP contribution in [0.4, 0.5) is 0 Å². The molecule has 1 heterocycles. The van der Waals surface area contributed by atoms with E-state index in [0.717, 1.165) is 31.3 Å². The quantitative estimate of drug-likeness (QED) is 0.775. The third-order valence-corrected chi connectivity index (χ3v) is 3.44. The fourth-order valence-corrected chi connectivity index (χ4v) is 2.17.